The Morgan fingerprint density at radius 3 is 2.88 bits per heavy atom. The molecule has 7 nitrogen and oxygen atoms in total. The van der Waals surface area contributed by atoms with Crippen LogP contribution in [0.4, 0.5) is 0 Å². The number of methoxy groups -OCH3 is 1. The number of aromatic nitrogens is 2. The van der Waals surface area contributed by atoms with E-state index in [9.17, 15) is 9.59 Å². The van der Waals surface area contributed by atoms with Crippen molar-refractivity contribution in [3.63, 3.8) is 0 Å². The minimum absolute atomic E-state index is 0.0579. The SMILES string of the molecule is COC(=O)c1ccc2oc(=O)c(-c3nc(-c4cccs4)no3)cc2c1. The maximum atomic E-state index is 12.2. The summed E-state index contributed by atoms with van der Waals surface area (Å²) in [5.41, 5.74) is 0.225. The molecule has 0 saturated heterocycles. The van der Waals surface area contributed by atoms with Gasteiger partial charge in [0.15, 0.2) is 0 Å². The normalized spacial score (nSPS) is 10.9. The van der Waals surface area contributed by atoms with Crippen LogP contribution in [0.25, 0.3) is 33.1 Å². The predicted octanol–water partition coefficient (Wildman–Crippen LogP) is 3.36. The highest BCUT2D eigenvalue weighted by Crippen LogP contribution is 2.26. The molecule has 0 atom stereocenters. The Kier molecular flexibility index (Phi) is 3.66. The van der Waals surface area contributed by atoms with E-state index in [2.05, 4.69) is 10.1 Å². The number of carbonyl (C=O) groups excluding carboxylic acids is 1. The molecular formula is C17H10N2O5S. The van der Waals surface area contributed by atoms with Gasteiger partial charge in [-0.25, -0.2) is 9.59 Å². The maximum Gasteiger partial charge on any atom is 0.349 e. The lowest BCUT2D eigenvalue weighted by Crippen LogP contribution is -2.04. The molecule has 0 spiro atoms. The summed E-state index contributed by atoms with van der Waals surface area (Å²) in [5.74, 6) is -0.0252. The molecule has 3 aromatic heterocycles. The largest absolute Gasteiger partial charge is 0.465 e. The quantitative estimate of drug-likeness (QED) is 0.411. The van der Waals surface area contributed by atoms with Crippen LogP contribution in [0, 0.1) is 0 Å². The molecule has 0 bridgehead atoms. The average Bonchev–Trinajstić information content (AvgIpc) is 3.31. The first-order valence-electron chi connectivity index (χ1n) is 7.20. The van der Waals surface area contributed by atoms with E-state index < -0.39 is 11.6 Å². The number of esters is 1. The highest BCUT2D eigenvalue weighted by atomic mass is 32.1. The van der Waals surface area contributed by atoms with Gasteiger partial charge >= 0.3 is 11.6 Å². The maximum absolute atomic E-state index is 12.2. The fraction of sp³-hybridized carbons (Fsp3) is 0.0588. The molecule has 124 valence electrons. The van der Waals surface area contributed by atoms with Crippen LogP contribution in [0.3, 0.4) is 0 Å². The summed E-state index contributed by atoms with van der Waals surface area (Å²) < 4.78 is 15.2. The molecule has 0 radical (unpaired) electrons. The smallest absolute Gasteiger partial charge is 0.349 e. The lowest BCUT2D eigenvalue weighted by molar-refractivity contribution is 0.0601. The van der Waals surface area contributed by atoms with Crippen LogP contribution in [-0.4, -0.2) is 23.2 Å². The topological polar surface area (TPSA) is 95.4 Å². The second-order valence-electron chi connectivity index (χ2n) is 5.09. The van der Waals surface area contributed by atoms with Gasteiger partial charge in [-0.2, -0.15) is 4.98 Å². The number of benzene rings is 1. The van der Waals surface area contributed by atoms with Gasteiger partial charge in [0.1, 0.15) is 11.1 Å². The van der Waals surface area contributed by atoms with Gasteiger partial charge in [-0.3, -0.25) is 0 Å². The summed E-state index contributed by atoms with van der Waals surface area (Å²) in [5, 5.41) is 6.33. The van der Waals surface area contributed by atoms with Crippen LogP contribution < -0.4 is 5.63 Å². The molecule has 1 aromatic carbocycles. The number of ether oxygens (including phenoxy) is 1. The monoisotopic (exact) mass is 354 g/mol. The molecule has 0 saturated carbocycles. The van der Waals surface area contributed by atoms with Crippen molar-refractivity contribution in [1.82, 2.24) is 10.1 Å². The van der Waals surface area contributed by atoms with E-state index in [4.69, 9.17) is 13.7 Å². The van der Waals surface area contributed by atoms with Crippen LogP contribution >= 0.6 is 11.3 Å². The third-order valence-electron chi connectivity index (χ3n) is 3.55. The Morgan fingerprint density at radius 2 is 2.12 bits per heavy atom. The van der Waals surface area contributed by atoms with Gasteiger partial charge in [-0.1, -0.05) is 11.2 Å². The van der Waals surface area contributed by atoms with Crippen molar-refractivity contribution in [2.24, 2.45) is 0 Å². The third kappa shape index (κ3) is 2.72. The van der Waals surface area contributed by atoms with Gasteiger partial charge in [0.25, 0.3) is 5.89 Å². The minimum atomic E-state index is -0.598. The lowest BCUT2D eigenvalue weighted by Gasteiger charge is -2.02. The van der Waals surface area contributed by atoms with Crippen molar-refractivity contribution in [1.29, 1.82) is 0 Å². The van der Waals surface area contributed by atoms with E-state index in [0.29, 0.717) is 22.4 Å². The van der Waals surface area contributed by atoms with E-state index in [1.807, 2.05) is 17.5 Å². The van der Waals surface area contributed by atoms with Gasteiger partial charge in [0, 0.05) is 5.39 Å². The molecule has 3 heterocycles. The Morgan fingerprint density at radius 1 is 1.24 bits per heavy atom. The molecule has 25 heavy (non-hydrogen) atoms. The summed E-state index contributed by atoms with van der Waals surface area (Å²) in [4.78, 5) is 29.0. The number of thiophene rings is 1. The van der Waals surface area contributed by atoms with Gasteiger partial charge in [0.05, 0.1) is 17.6 Å². The second-order valence-corrected chi connectivity index (χ2v) is 6.04. The van der Waals surface area contributed by atoms with Crippen molar-refractivity contribution in [3.05, 3.63) is 57.8 Å². The van der Waals surface area contributed by atoms with Crippen molar-refractivity contribution in [2.45, 2.75) is 0 Å². The molecule has 0 aliphatic rings. The zero-order valence-corrected chi connectivity index (χ0v) is 13.7. The zero-order valence-electron chi connectivity index (χ0n) is 12.9. The molecular weight excluding hydrogens is 344 g/mol. The van der Waals surface area contributed by atoms with Gasteiger partial charge in [-0.15, -0.1) is 11.3 Å². The number of fused-ring (bicyclic) bond motifs is 1. The van der Waals surface area contributed by atoms with Gasteiger partial charge in [-0.05, 0) is 35.7 Å². The fourth-order valence-electron chi connectivity index (χ4n) is 2.36. The van der Waals surface area contributed by atoms with Crippen molar-refractivity contribution < 1.29 is 18.5 Å². The molecule has 0 aliphatic heterocycles. The molecule has 0 unspecified atom stereocenters. The number of hydrogen-bond donors (Lipinski definition) is 0. The van der Waals surface area contributed by atoms with Crippen LogP contribution in [0.5, 0.6) is 0 Å². The summed E-state index contributed by atoms with van der Waals surface area (Å²) in [6.45, 7) is 0. The van der Waals surface area contributed by atoms with E-state index in [0.717, 1.165) is 4.88 Å². The Labute approximate surface area is 144 Å². The summed E-state index contributed by atoms with van der Waals surface area (Å²) in [7, 11) is 1.30. The van der Waals surface area contributed by atoms with Gasteiger partial charge < -0.3 is 13.7 Å². The van der Waals surface area contributed by atoms with E-state index >= 15 is 0 Å². The van der Waals surface area contributed by atoms with E-state index in [1.54, 1.807) is 12.1 Å². The Bertz CT molecular complexity index is 1130. The van der Waals surface area contributed by atoms with E-state index in [1.165, 1.54) is 30.6 Å². The first-order chi connectivity index (χ1) is 12.2. The molecule has 4 rings (SSSR count). The summed E-state index contributed by atoms with van der Waals surface area (Å²) in [6.07, 6.45) is 0. The molecule has 0 aliphatic carbocycles. The molecule has 4 aromatic rings. The second kappa shape index (κ2) is 5.99. The molecule has 0 fully saturated rings. The number of rotatable bonds is 3. The Balaban J connectivity index is 1.82. The molecule has 0 N–H and O–H groups in total. The van der Waals surface area contributed by atoms with Crippen LogP contribution in [0.2, 0.25) is 0 Å². The summed E-state index contributed by atoms with van der Waals surface area (Å²) in [6, 6.07) is 9.92. The van der Waals surface area contributed by atoms with Crippen LogP contribution in [0.1, 0.15) is 10.4 Å². The first kappa shape index (κ1) is 15.3. The van der Waals surface area contributed by atoms with Gasteiger partial charge in [0.2, 0.25) is 5.82 Å². The number of hydrogen-bond acceptors (Lipinski definition) is 8. The fourth-order valence-corrected chi connectivity index (χ4v) is 3.01. The Hall–Kier alpha value is -3.26. The molecule has 8 heteroatoms. The minimum Gasteiger partial charge on any atom is -0.465 e. The number of nitrogens with zero attached hydrogens (tertiary/aromatic N) is 2. The van der Waals surface area contributed by atoms with Crippen LogP contribution in [0.15, 0.2) is 55.5 Å². The highest BCUT2D eigenvalue weighted by molar-refractivity contribution is 7.13. The predicted molar refractivity (Wildman–Crippen MR) is 90.4 cm³/mol. The summed E-state index contributed by atoms with van der Waals surface area (Å²) >= 11 is 1.46. The average molecular weight is 354 g/mol. The molecule has 0 amide bonds. The van der Waals surface area contributed by atoms with E-state index in [-0.39, 0.29) is 11.5 Å². The highest BCUT2D eigenvalue weighted by Gasteiger charge is 2.17. The number of carbonyl (C=O) groups is 1. The van der Waals surface area contributed by atoms with Crippen molar-refractivity contribution >= 4 is 28.3 Å². The zero-order chi connectivity index (χ0) is 17.4. The van der Waals surface area contributed by atoms with Crippen molar-refractivity contribution in [2.75, 3.05) is 7.11 Å². The van der Waals surface area contributed by atoms with Crippen molar-refractivity contribution in [3.8, 4) is 22.2 Å². The third-order valence-corrected chi connectivity index (χ3v) is 4.42. The standard InChI is InChI=1S/C17H10N2O5S/c1-22-16(20)9-4-5-12-10(7-9)8-11(17(21)23-12)15-18-14(19-24-15)13-3-2-6-25-13/h2-8H,1H3. The van der Waals surface area contributed by atoms with Crippen LogP contribution in [-0.2, 0) is 4.74 Å². The lowest BCUT2D eigenvalue weighted by atomic mass is 10.1. The first-order valence-corrected chi connectivity index (χ1v) is 8.08.